The van der Waals surface area contributed by atoms with Crippen LogP contribution in [-0.4, -0.2) is 13.2 Å². The average Bonchev–Trinajstić information content (AvgIpc) is 3.09. The molecule has 0 unspecified atom stereocenters. The highest BCUT2D eigenvalue weighted by Gasteiger charge is 2.23. The van der Waals surface area contributed by atoms with Crippen molar-refractivity contribution in [1.29, 1.82) is 0 Å². The average molecular weight is 302 g/mol. The van der Waals surface area contributed by atoms with Gasteiger partial charge < -0.3 is 9.47 Å². The van der Waals surface area contributed by atoms with E-state index in [1.165, 1.54) is 62.5 Å². The molecule has 1 heterocycles. The second-order valence-corrected chi connectivity index (χ2v) is 6.99. The van der Waals surface area contributed by atoms with Crippen molar-refractivity contribution in [3.05, 3.63) is 35.4 Å². The van der Waals surface area contributed by atoms with Crippen LogP contribution in [0.4, 0.5) is 0 Å². The predicted molar refractivity (Wildman–Crippen MR) is 89.8 cm³/mol. The first kappa shape index (κ1) is 16.0. The molecular formula is C20H30O2. The smallest absolute Gasteiger partial charge is 0.184 e. The van der Waals surface area contributed by atoms with Crippen molar-refractivity contribution in [1.82, 2.24) is 0 Å². The Morgan fingerprint density at radius 3 is 2.23 bits per heavy atom. The molecular weight excluding hydrogens is 272 g/mol. The van der Waals surface area contributed by atoms with E-state index in [-0.39, 0.29) is 6.29 Å². The maximum atomic E-state index is 5.69. The topological polar surface area (TPSA) is 18.5 Å². The fourth-order valence-electron chi connectivity index (χ4n) is 4.11. The van der Waals surface area contributed by atoms with Gasteiger partial charge in [0.25, 0.3) is 0 Å². The summed E-state index contributed by atoms with van der Waals surface area (Å²) in [5.41, 5.74) is 2.67. The molecule has 2 nitrogen and oxygen atoms in total. The molecule has 2 fully saturated rings. The van der Waals surface area contributed by atoms with Crippen LogP contribution in [0.15, 0.2) is 24.3 Å². The Balaban J connectivity index is 1.52. The summed E-state index contributed by atoms with van der Waals surface area (Å²) in [6.07, 6.45) is 10.9. The van der Waals surface area contributed by atoms with E-state index in [9.17, 15) is 0 Å². The van der Waals surface area contributed by atoms with Gasteiger partial charge in [-0.2, -0.15) is 0 Å². The van der Waals surface area contributed by atoms with Gasteiger partial charge in [-0.3, -0.25) is 0 Å². The number of aryl methyl sites for hydroxylation is 1. The van der Waals surface area contributed by atoms with E-state index < -0.39 is 0 Å². The molecule has 0 N–H and O–H groups in total. The van der Waals surface area contributed by atoms with Gasteiger partial charge in [0.2, 0.25) is 0 Å². The monoisotopic (exact) mass is 302 g/mol. The van der Waals surface area contributed by atoms with Crippen LogP contribution in [0.3, 0.4) is 0 Å². The lowest BCUT2D eigenvalue weighted by Gasteiger charge is -2.28. The van der Waals surface area contributed by atoms with Crippen LogP contribution >= 0.6 is 0 Å². The quantitative estimate of drug-likeness (QED) is 0.712. The molecule has 0 amide bonds. The van der Waals surface area contributed by atoms with Crippen LogP contribution in [-0.2, 0) is 15.9 Å². The van der Waals surface area contributed by atoms with Crippen LogP contribution in [0.25, 0.3) is 0 Å². The Kier molecular flexibility index (Phi) is 5.91. The van der Waals surface area contributed by atoms with Crippen molar-refractivity contribution in [3.8, 4) is 0 Å². The second-order valence-electron chi connectivity index (χ2n) is 6.99. The predicted octanol–water partition coefficient (Wildman–Crippen LogP) is 5.27. The summed E-state index contributed by atoms with van der Waals surface area (Å²) in [6, 6.07) is 8.66. The van der Waals surface area contributed by atoms with Gasteiger partial charge in [0.05, 0.1) is 13.2 Å². The molecule has 2 aliphatic rings. The number of benzene rings is 1. The third kappa shape index (κ3) is 4.11. The molecule has 1 aromatic carbocycles. The van der Waals surface area contributed by atoms with Crippen LogP contribution in [0.5, 0.6) is 0 Å². The van der Waals surface area contributed by atoms with Crippen molar-refractivity contribution in [2.75, 3.05) is 13.2 Å². The Hall–Kier alpha value is -0.860. The third-order valence-electron chi connectivity index (χ3n) is 5.42. The normalized spacial score (nSPS) is 26.4. The highest BCUT2D eigenvalue weighted by atomic mass is 16.7. The van der Waals surface area contributed by atoms with Crippen molar-refractivity contribution < 1.29 is 9.47 Å². The van der Waals surface area contributed by atoms with E-state index >= 15 is 0 Å². The zero-order chi connectivity index (χ0) is 15.2. The van der Waals surface area contributed by atoms with E-state index in [4.69, 9.17) is 9.47 Å². The first-order valence-corrected chi connectivity index (χ1v) is 9.17. The first-order valence-electron chi connectivity index (χ1n) is 9.17. The summed E-state index contributed by atoms with van der Waals surface area (Å²) >= 11 is 0. The maximum absolute atomic E-state index is 5.69. The lowest BCUT2D eigenvalue weighted by molar-refractivity contribution is -0.0447. The molecule has 1 aromatic rings. The zero-order valence-electron chi connectivity index (χ0n) is 13.9. The molecule has 1 aliphatic carbocycles. The summed E-state index contributed by atoms with van der Waals surface area (Å²) < 4.78 is 11.4. The van der Waals surface area contributed by atoms with Crippen LogP contribution in [0, 0.1) is 11.8 Å². The lowest BCUT2D eigenvalue weighted by atomic mass is 9.78. The van der Waals surface area contributed by atoms with Gasteiger partial charge in [0.15, 0.2) is 6.29 Å². The molecule has 0 bridgehead atoms. The molecule has 1 aliphatic heterocycles. The molecule has 122 valence electrons. The van der Waals surface area contributed by atoms with Crippen LogP contribution in [0.1, 0.15) is 69.3 Å². The van der Waals surface area contributed by atoms with Crippen LogP contribution in [0.2, 0.25) is 0 Å². The fraction of sp³-hybridized carbons (Fsp3) is 0.700. The number of ether oxygens (including phenoxy) is 2. The number of rotatable bonds is 6. The molecule has 22 heavy (non-hydrogen) atoms. The Bertz CT molecular complexity index is 443. The third-order valence-corrected chi connectivity index (χ3v) is 5.42. The van der Waals surface area contributed by atoms with Gasteiger partial charge in [0, 0.05) is 5.56 Å². The van der Waals surface area contributed by atoms with E-state index in [1.54, 1.807) is 0 Å². The van der Waals surface area contributed by atoms with Gasteiger partial charge in [-0.1, -0.05) is 69.7 Å². The lowest BCUT2D eigenvalue weighted by Crippen LogP contribution is -2.15. The summed E-state index contributed by atoms with van der Waals surface area (Å²) in [7, 11) is 0. The Morgan fingerprint density at radius 1 is 0.909 bits per heavy atom. The van der Waals surface area contributed by atoms with Crippen LogP contribution < -0.4 is 0 Å². The van der Waals surface area contributed by atoms with Crippen molar-refractivity contribution in [3.63, 3.8) is 0 Å². The Morgan fingerprint density at radius 2 is 1.55 bits per heavy atom. The number of hydrogen-bond acceptors (Lipinski definition) is 2. The van der Waals surface area contributed by atoms with Gasteiger partial charge in [0.1, 0.15) is 0 Å². The molecule has 0 atom stereocenters. The van der Waals surface area contributed by atoms with E-state index in [1.807, 2.05) is 0 Å². The van der Waals surface area contributed by atoms with E-state index in [0.717, 1.165) is 25.0 Å². The summed E-state index contributed by atoms with van der Waals surface area (Å²) in [5, 5.41) is 0. The number of hydrogen-bond donors (Lipinski definition) is 0. The Labute approximate surface area is 135 Å². The van der Waals surface area contributed by atoms with E-state index in [0.29, 0.717) is 0 Å². The molecule has 0 spiro atoms. The molecule has 1 saturated heterocycles. The zero-order valence-corrected chi connectivity index (χ0v) is 13.9. The van der Waals surface area contributed by atoms with Gasteiger partial charge >= 0.3 is 0 Å². The summed E-state index contributed by atoms with van der Waals surface area (Å²) in [5.74, 6) is 1.93. The summed E-state index contributed by atoms with van der Waals surface area (Å²) in [6.45, 7) is 3.76. The molecule has 1 saturated carbocycles. The van der Waals surface area contributed by atoms with Gasteiger partial charge in [-0.05, 0) is 30.2 Å². The summed E-state index contributed by atoms with van der Waals surface area (Å²) in [4.78, 5) is 0. The second kappa shape index (κ2) is 8.12. The molecule has 3 rings (SSSR count). The fourth-order valence-corrected chi connectivity index (χ4v) is 4.11. The SMILES string of the molecule is CCCC1CCC(CCc2ccccc2C2OCCO2)CC1. The minimum atomic E-state index is -0.128. The maximum Gasteiger partial charge on any atom is 0.184 e. The highest BCUT2D eigenvalue weighted by molar-refractivity contribution is 5.28. The first-order chi connectivity index (χ1) is 10.9. The molecule has 0 radical (unpaired) electrons. The van der Waals surface area contributed by atoms with Crippen molar-refractivity contribution >= 4 is 0 Å². The molecule has 2 heteroatoms. The molecule has 0 aromatic heterocycles. The van der Waals surface area contributed by atoms with E-state index in [2.05, 4.69) is 31.2 Å². The minimum absolute atomic E-state index is 0.128. The van der Waals surface area contributed by atoms with Crippen molar-refractivity contribution in [2.45, 2.75) is 64.6 Å². The van der Waals surface area contributed by atoms with Gasteiger partial charge in [-0.15, -0.1) is 0 Å². The minimum Gasteiger partial charge on any atom is -0.346 e. The largest absolute Gasteiger partial charge is 0.346 e. The highest BCUT2D eigenvalue weighted by Crippen LogP contribution is 2.35. The standard InChI is InChI=1S/C20H30O2/c1-2-5-16-8-10-17(11-9-16)12-13-18-6-3-4-7-19(18)20-21-14-15-22-20/h3-4,6-7,16-17,20H,2,5,8-15H2,1H3. The van der Waals surface area contributed by atoms with Crippen molar-refractivity contribution in [2.24, 2.45) is 11.8 Å². The van der Waals surface area contributed by atoms with Gasteiger partial charge in [-0.25, -0.2) is 0 Å².